The summed E-state index contributed by atoms with van der Waals surface area (Å²) in [4.78, 5) is 4.00. The summed E-state index contributed by atoms with van der Waals surface area (Å²) in [5.74, 6) is 1.60. The Hall–Kier alpha value is -0.380. The fourth-order valence-electron chi connectivity index (χ4n) is 3.25. The molecule has 3 heteroatoms. The van der Waals surface area contributed by atoms with E-state index in [0.29, 0.717) is 12.0 Å². The van der Waals surface area contributed by atoms with E-state index in [1.807, 2.05) is 11.3 Å². The van der Waals surface area contributed by atoms with Gasteiger partial charge in [0.1, 0.15) is 0 Å². The molecule has 1 fully saturated rings. The molecule has 0 radical (unpaired) electrons. The molecule has 2 nitrogen and oxygen atoms in total. The van der Waals surface area contributed by atoms with E-state index >= 15 is 0 Å². The molecule has 1 aliphatic rings. The zero-order valence-electron chi connectivity index (χ0n) is 11.6. The first-order valence-electron chi connectivity index (χ1n) is 7.17. The summed E-state index contributed by atoms with van der Waals surface area (Å²) in [5, 5.41) is 2.17. The van der Waals surface area contributed by atoms with Crippen LogP contribution < -0.4 is 5.73 Å². The van der Waals surface area contributed by atoms with Crippen LogP contribution >= 0.6 is 11.3 Å². The van der Waals surface area contributed by atoms with Gasteiger partial charge in [-0.25, -0.2) is 0 Å². The van der Waals surface area contributed by atoms with Crippen molar-refractivity contribution in [2.75, 3.05) is 13.6 Å². The second kappa shape index (κ2) is 6.69. The molecule has 102 valence electrons. The second-order valence-electron chi connectivity index (χ2n) is 5.64. The summed E-state index contributed by atoms with van der Waals surface area (Å²) in [6.07, 6.45) is 5.34. The smallest absolute Gasteiger partial charge is 0.0327 e. The number of hydrogen-bond donors (Lipinski definition) is 1. The van der Waals surface area contributed by atoms with Gasteiger partial charge in [0.15, 0.2) is 0 Å². The molecule has 0 amide bonds. The van der Waals surface area contributed by atoms with Gasteiger partial charge in [0.05, 0.1) is 0 Å². The van der Waals surface area contributed by atoms with Crippen LogP contribution in [0.5, 0.6) is 0 Å². The molecule has 0 bridgehead atoms. The van der Waals surface area contributed by atoms with Crippen molar-refractivity contribution in [2.24, 2.45) is 17.6 Å². The highest BCUT2D eigenvalue weighted by atomic mass is 32.1. The van der Waals surface area contributed by atoms with Gasteiger partial charge in [-0.3, -0.25) is 4.90 Å². The number of nitrogens with zero attached hydrogens (tertiary/aromatic N) is 1. The van der Waals surface area contributed by atoms with Gasteiger partial charge in [0.2, 0.25) is 0 Å². The third kappa shape index (κ3) is 3.34. The van der Waals surface area contributed by atoms with Gasteiger partial charge in [-0.2, -0.15) is 0 Å². The Bertz CT molecular complexity index is 336. The molecule has 1 heterocycles. The first kappa shape index (κ1) is 14.0. The maximum Gasteiger partial charge on any atom is 0.0327 e. The number of rotatable bonds is 5. The van der Waals surface area contributed by atoms with E-state index in [-0.39, 0.29) is 0 Å². The minimum atomic E-state index is 0.677. The molecule has 2 rings (SSSR count). The molecule has 0 aliphatic heterocycles. The van der Waals surface area contributed by atoms with Crippen LogP contribution in [0.3, 0.4) is 0 Å². The molecule has 3 atom stereocenters. The maximum absolute atomic E-state index is 5.97. The van der Waals surface area contributed by atoms with Crippen molar-refractivity contribution in [3.8, 4) is 0 Å². The summed E-state index contributed by atoms with van der Waals surface area (Å²) in [6, 6.07) is 5.05. The Kier molecular flexibility index (Phi) is 5.22. The zero-order valence-corrected chi connectivity index (χ0v) is 12.5. The number of nitrogens with two attached hydrogens (primary N) is 1. The van der Waals surface area contributed by atoms with E-state index in [2.05, 4.69) is 36.4 Å². The molecule has 0 spiro atoms. The Morgan fingerprint density at radius 2 is 2.28 bits per heavy atom. The minimum absolute atomic E-state index is 0.677. The Labute approximate surface area is 115 Å². The summed E-state index contributed by atoms with van der Waals surface area (Å²) < 4.78 is 0. The Balaban J connectivity index is 1.98. The lowest BCUT2D eigenvalue weighted by molar-refractivity contribution is 0.0973. The van der Waals surface area contributed by atoms with Crippen LogP contribution in [0.15, 0.2) is 17.5 Å². The first-order chi connectivity index (χ1) is 8.74. The van der Waals surface area contributed by atoms with Crippen molar-refractivity contribution < 1.29 is 0 Å². The molecular weight excluding hydrogens is 240 g/mol. The van der Waals surface area contributed by atoms with Gasteiger partial charge >= 0.3 is 0 Å². The monoisotopic (exact) mass is 266 g/mol. The van der Waals surface area contributed by atoms with Crippen molar-refractivity contribution in [3.05, 3.63) is 22.4 Å². The molecule has 0 saturated heterocycles. The fraction of sp³-hybridized carbons (Fsp3) is 0.733. The highest BCUT2D eigenvalue weighted by molar-refractivity contribution is 7.09. The Morgan fingerprint density at radius 1 is 1.44 bits per heavy atom. The van der Waals surface area contributed by atoms with E-state index in [0.717, 1.165) is 19.0 Å². The van der Waals surface area contributed by atoms with Gasteiger partial charge in [-0.05, 0) is 49.7 Å². The first-order valence-corrected chi connectivity index (χ1v) is 8.05. The molecule has 0 aromatic carbocycles. The molecule has 3 unspecified atom stereocenters. The largest absolute Gasteiger partial charge is 0.330 e. The van der Waals surface area contributed by atoms with Crippen molar-refractivity contribution in [1.82, 2.24) is 4.90 Å². The van der Waals surface area contributed by atoms with Crippen molar-refractivity contribution >= 4 is 11.3 Å². The van der Waals surface area contributed by atoms with Crippen molar-refractivity contribution in [2.45, 2.75) is 45.2 Å². The topological polar surface area (TPSA) is 29.3 Å². The SMILES string of the molecule is CCC1CCC(CN)C(N(C)Cc2cccs2)C1. The third-order valence-electron chi connectivity index (χ3n) is 4.50. The summed E-state index contributed by atoms with van der Waals surface area (Å²) >= 11 is 1.86. The highest BCUT2D eigenvalue weighted by Gasteiger charge is 2.31. The van der Waals surface area contributed by atoms with Gasteiger partial charge in [0.25, 0.3) is 0 Å². The molecular formula is C15H26N2S. The lowest BCUT2D eigenvalue weighted by atomic mass is 9.76. The molecule has 1 aliphatic carbocycles. The van der Waals surface area contributed by atoms with E-state index < -0.39 is 0 Å². The maximum atomic E-state index is 5.97. The predicted octanol–water partition coefficient (Wildman–Crippen LogP) is 3.33. The Morgan fingerprint density at radius 3 is 2.89 bits per heavy atom. The van der Waals surface area contributed by atoms with Crippen LogP contribution in [0.2, 0.25) is 0 Å². The molecule has 1 saturated carbocycles. The van der Waals surface area contributed by atoms with Crippen molar-refractivity contribution in [3.63, 3.8) is 0 Å². The molecule has 2 N–H and O–H groups in total. The van der Waals surface area contributed by atoms with E-state index in [4.69, 9.17) is 5.73 Å². The van der Waals surface area contributed by atoms with Gasteiger partial charge < -0.3 is 5.73 Å². The van der Waals surface area contributed by atoms with Crippen LogP contribution in [-0.4, -0.2) is 24.5 Å². The van der Waals surface area contributed by atoms with Gasteiger partial charge in [0, 0.05) is 17.5 Å². The van der Waals surface area contributed by atoms with Crippen LogP contribution in [-0.2, 0) is 6.54 Å². The van der Waals surface area contributed by atoms with E-state index in [1.165, 1.54) is 30.6 Å². The quantitative estimate of drug-likeness (QED) is 0.885. The minimum Gasteiger partial charge on any atom is -0.330 e. The summed E-state index contributed by atoms with van der Waals surface area (Å²) in [6.45, 7) is 4.24. The predicted molar refractivity (Wildman–Crippen MR) is 79.8 cm³/mol. The second-order valence-corrected chi connectivity index (χ2v) is 6.68. The molecule has 1 aromatic heterocycles. The lowest BCUT2D eigenvalue weighted by Crippen LogP contribution is -2.44. The number of thiophene rings is 1. The lowest BCUT2D eigenvalue weighted by Gasteiger charge is -2.40. The molecule has 1 aromatic rings. The normalized spacial score (nSPS) is 28.8. The van der Waals surface area contributed by atoms with Crippen LogP contribution in [0, 0.1) is 11.8 Å². The van der Waals surface area contributed by atoms with Crippen LogP contribution in [0.4, 0.5) is 0 Å². The summed E-state index contributed by atoms with van der Waals surface area (Å²) in [7, 11) is 2.27. The van der Waals surface area contributed by atoms with Crippen molar-refractivity contribution in [1.29, 1.82) is 0 Å². The van der Waals surface area contributed by atoms with Crippen LogP contribution in [0.25, 0.3) is 0 Å². The standard InChI is InChI=1S/C15H26N2S/c1-3-12-6-7-13(10-16)15(9-12)17(2)11-14-5-4-8-18-14/h4-5,8,12-13,15H,3,6-7,9-11,16H2,1-2H3. The third-order valence-corrected chi connectivity index (χ3v) is 5.36. The average Bonchev–Trinajstić information content (AvgIpc) is 2.90. The average molecular weight is 266 g/mol. The zero-order chi connectivity index (χ0) is 13.0. The van der Waals surface area contributed by atoms with Gasteiger partial charge in [-0.15, -0.1) is 11.3 Å². The van der Waals surface area contributed by atoms with E-state index in [1.54, 1.807) is 0 Å². The van der Waals surface area contributed by atoms with Gasteiger partial charge in [-0.1, -0.05) is 25.8 Å². The number of hydrogen-bond acceptors (Lipinski definition) is 3. The fourth-order valence-corrected chi connectivity index (χ4v) is 4.01. The van der Waals surface area contributed by atoms with Crippen LogP contribution in [0.1, 0.15) is 37.5 Å². The summed E-state index contributed by atoms with van der Waals surface area (Å²) in [5.41, 5.74) is 5.97. The van der Waals surface area contributed by atoms with E-state index in [9.17, 15) is 0 Å². The molecule has 18 heavy (non-hydrogen) atoms. The highest BCUT2D eigenvalue weighted by Crippen LogP contribution is 2.33.